The van der Waals surface area contributed by atoms with Crippen LogP contribution < -0.4 is 20.7 Å². The molecule has 0 heterocycles. The van der Waals surface area contributed by atoms with Gasteiger partial charge >= 0.3 is 0 Å². The standard InChI is InChI=1S/C34H39N3O6/c1-21-9-11-24(12-10-21)20-35-33(41)29(16-13-23-7-5-4-6-8-23)36-34(42)32(22(2)38)37-31(40)18-25-17-30(39)27-15-14-26(43-3)19-28(25)27/h4-12,14-15,19,22,25,29,32,38H,13,16-18,20H2,1-3H3,(H,35,41)(H,36,42)(H,37,40)/t22-,25+,29+,32+/m1/s1. The maximum Gasteiger partial charge on any atom is 0.245 e. The molecule has 4 atom stereocenters. The third-order valence-electron chi connectivity index (χ3n) is 7.73. The highest BCUT2D eigenvalue weighted by Gasteiger charge is 2.34. The van der Waals surface area contributed by atoms with Crippen molar-refractivity contribution in [2.24, 2.45) is 0 Å². The van der Waals surface area contributed by atoms with Gasteiger partial charge in [0.15, 0.2) is 5.78 Å². The number of methoxy groups -OCH3 is 1. The Bertz CT molecular complexity index is 1440. The van der Waals surface area contributed by atoms with Crippen LogP contribution in [-0.4, -0.2) is 53.9 Å². The van der Waals surface area contributed by atoms with Crippen LogP contribution in [0.25, 0.3) is 0 Å². The van der Waals surface area contributed by atoms with Gasteiger partial charge in [0, 0.05) is 30.9 Å². The van der Waals surface area contributed by atoms with Gasteiger partial charge in [-0.15, -0.1) is 0 Å². The Kier molecular flexibility index (Phi) is 10.7. The first-order chi connectivity index (χ1) is 20.6. The van der Waals surface area contributed by atoms with E-state index in [0.717, 1.165) is 22.3 Å². The SMILES string of the molecule is COc1ccc2c(c1)[C@H](CC(=O)N[C@H](C(=O)N[C@@H](CCc1ccccc1)C(=O)NCc1ccc(C)cc1)[C@@H](C)O)CC2=O. The van der Waals surface area contributed by atoms with Gasteiger partial charge in [0.25, 0.3) is 0 Å². The van der Waals surface area contributed by atoms with Crippen LogP contribution in [0.2, 0.25) is 0 Å². The molecule has 0 saturated heterocycles. The maximum atomic E-state index is 13.4. The van der Waals surface area contributed by atoms with Gasteiger partial charge in [-0.1, -0.05) is 60.2 Å². The van der Waals surface area contributed by atoms with Crippen LogP contribution in [0.1, 0.15) is 64.7 Å². The number of aryl methyl sites for hydroxylation is 2. The molecule has 0 saturated carbocycles. The number of hydrogen-bond donors (Lipinski definition) is 4. The summed E-state index contributed by atoms with van der Waals surface area (Å²) in [4.78, 5) is 52.2. The fraction of sp³-hybridized carbons (Fsp3) is 0.353. The summed E-state index contributed by atoms with van der Waals surface area (Å²) in [5, 5.41) is 18.7. The Morgan fingerprint density at radius 2 is 1.67 bits per heavy atom. The van der Waals surface area contributed by atoms with Crippen molar-refractivity contribution in [3.05, 3.63) is 101 Å². The molecular weight excluding hydrogens is 546 g/mol. The number of hydrogen-bond acceptors (Lipinski definition) is 6. The zero-order chi connectivity index (χ0) is 30.9. The van der Waals surface area contributed by atoms with Crippen molar-refractivity contribution in [2.75, 3.05) is 7.11 Å². The largest absolute Gasteiger partial charge is 0.497 e. The second kappa shape index (κ2) is 14.6. The molecule has 0 aliphatic heterocycles. The van der Waals surface area contributed by atoms with E-state index in [4.69, 9.17) is 4.74 Å². The number of benzene rings is 3. The zero-order valence-corrected chi connectivity index (χ0v) is 24.8. The lowest BCUT2D eigenvalue weighted by Crippen LogP contribution is -2.57. The molecule has 0 aromatic heterocycles. The van der Waals surface area contributed by atoms with Gasteiger partial charge in [0.2, 0.25) is 17.7 Å². The van der Waals surface area contributed by atoms with E-state index in [9.17, 15) is 24.3 Å². The highest BCUT2D eigenvalue weighted by molar-refractivity contribution is 6.02. The van der Waals surface area contributed by atoms with Gasteiger partial charge in [0.1, 0.15) is 17.8 Å². The van der Waals surface area contributed by atoms with E-state index < -0.39 is 30.0 Å². The quantitative estimate of drug-likeness (QED) is 0.243. The Morgan fingerprint density at radius 3 is 2.35 bits per heavy atom. The van der Waals surface area contributed by atoms with E-state index in [-0.39, 0.29) is 30.4 Å². The van der Waals surface area contributed by atoms with E-state index in [1.807, 2.05) is 61.5 Å². The Balaban J connectivity index is 1.42. The van der Waals surface area contributed by atoms with Crippen molar-refractivity contribution in [3.8, 4) is 5.75 Å². The lowest BCUT2D eigenvalue weighted by atomic mass is 9.96. The topological polar surface area (TPSA) is 134 Å². The summed E-state index contributed by atoms with van der Waals surface area (Å²) in [6, 6.07) is 20.4. The molecule has 43 heavy (non-hydrogen) atoms. The van der Waals surface area contributed by atoms with Gasteiger partial charge < -0.3 is 25.8 Å². The van der Waals surface area contributed by atoms with E-state index in [0.29, 0.717) is 30.7 Å². The average molecular weight is 586 g/mol. The minimum atomic E-state index is -1.29. The molecule has 4 rings (SSSR count). The van der Waals surface area contributed by atoms with Gasteiger partial charge in [-0.3, -0.25) is 19.2 Å². The predicted molar refractivity (Wildman–Crippen MR) is 163 cm³/mol. The van der Waals surface area contributed by atoms with Crippen molar-refractivity contribution in [3.63, 3.8) is 0 Å². The zero-order valence-electron chi connectivity index (χ0n) is 24.8. The number of aliphatic hydroxyl groups is 1. The summed E-state index contributed by atoms with van der Waals surface area (Å²) in [5.74, 6) is -1.37. The van der Waals surface area contributed by atoms with E-state index in [1.165, 1.54) is 14.0 Å². The molecule has 0 radical (unpaired) electrons. The molecule has 0 unspecified atom stereocenters. The molecule has 9 heteroatoms. The monoisotopic (exact) mass is 585 g/mol. The second-order valence-corrected chi connectivity index (χ2v) is 11.1. The summed E-state index contributed by atoms with van der Waals surface area (Å²) in [7, 11) is 1.53. The summed E-state index contributed by atoms with van der Waals surface area (Å²) in [5.41, 5.74) is 4.32. The number of ether oxygens (including phenoxy) is 1. The number of amides is 3. The maximum absolute atomic E-state index is 13.4. The molecule has 0 bridgehead atoms. The number of carbonyl (C=O) groups excluding carboxylic acids is 4. The van der Waals surface area contributed by atoms with Gasteiger partial charge in [-0.2, -0.15) is 0 Å². The lowest BCUT2D eigenvalue weighted by Gasteiger charge is -2.25. The van der Waals surface area contributed by atoms with Gasteiger partial charge in [-0.05, 0) is 61.6 Å². The van der Waals surface area contributed by atoms with Gasteiger partial charge in [0.05, 0.1) is 13.2 Å². The van der Waals surface area contributed by atoms with Crippen molar-refractivity contribution >= 4 is 23.5 Å². The number of fused-ring (bicyclic) bond motifs is 1. The number of Topliss-reactive ketones (excluding diaryl/α,β-unsaturated/α-hetero) is 1. The summed E-state index contributed by atoms with van der Waals surface area (Å²) >= 11 is 0. The molecule has 1 aliphatic carbocycles. The third kappa shape index (κ3) is 8.51. The van der Waals surface area contributed by atoms with E-state index in [2.05, 4.69) is 16.0 Å². The van der Waals surface area contributed by atoms with Crippen LogP contribution in [-0.2, 0) is 27.3 Å². The first kappa shape index (κ1) is 31.4. The van der Waals surface area contributed by atoms with Crippen molar-refractivity contribution in [2.45, 2.75) is 70.2 Å². The van der Waals surface area contributed by atoms with Crippen molar-refractivity contribution in [1.29, 1.82) is 0 Å². The lowest BCUT2D eigenvalue weighted by molar-refractivity contribution is -0.134. The molecule has 9 nitrogen and oxygen atoms in total. The fourth-order valence-corrected chi connectivity index (χ4v) is 5.25. The third-order valence-corrected chi connectivity index (χ3v) is 7.73. The number of ketones is 1. The van der Waals surface area contributed by atoms with Crippen LogP contribution in [0.4, 0.5) is 0 Å². The molecule has 4 N–H and O–H groups in total. The molecule has 3 amide bonds. The molecule has 3 aromatic carbocycles. The number of aliphatic hydroxyl groups excluding tert-OH is 1. The predicted octanol–water partition coefficient (Wildman–Crippen LogP) is 3.36. The summed E-state index contributed by atoms with van der Waals surface area (Å²) in [6.07, 6.45) is -0.250. The first-order valence-corrected chi connectivity index (χ1v) is 14.5. The Hall–Kier alpha value is -4.50. The second-order valence-electron chi connectivity index (χ2n) is 11.1. The first-order valence-electron chi connectivity index (χ1n) is 14.5. The summed E-state index contributed by atoms with van der Waals surface area (Å²) < 4.78 is 5.28. The van der Waals surface area contributed by atoms with Crippen LogP contribution in [0, 0.1) is 6.92 Å². The summed E-state index contributed by atoms with van der Waals surface area (Å²) in [6.45, 7) is 3.68. The Morgan fingerprint density at radius 1 is 0.953 bits per heavy atom. The molecule has 226 valence electrons. The Labute approximate surface area is 252 Å². The van der Waals surface area contributed by atoms with Crippen LogP contribution in [0.3, 0.4) is 0 Å². The molecule has 0 spiro atoms. The smallest absolute Gasteiger partial charge is 0.245 e. The minimum Gasteiger partial charge on any atom is -0.497 e. The highest BCUT2D eigenvalue weighted by Crippen LogP contribution is 2.37. The van der Waals surface area contributed by atoms with Crippen molar-refractivity contribution < 1.29 is 29.0 Å². The average Bonchev–Trinajstić information content (AvgIpc) is 3.31. The molecule has 3 aromatic rings. The normalized spacial score (nSPS) is 16.0. The highest BCUT2D eigenvalue weighted by atomic mass is 16.5. The van der Waals surface area contributed by atoms with Crippen LogP contribution in [0.15, 0.2) is 72.8 Å². The number of rotatable bonds is 13. The van der Waals surface area contributed by atoms with Crippen molar-refractivity contribution in [1.82, 2.24) is 16.0 Å². The molecule has 0 fully saturated rings. The van der Waals surface area contributed by atoms with E-state index >= 15 is 0 Å². The molecular formula is C34H39N3O6. The van der Waals surface area contributed by atoms with Gasteiger partial charge in [-0.25, -0.2) is 0 Å². The fourth-order valence-electron chi connectivity index (χ4n) is 5.25. The minimum absolute atomic E-state index is 0.0448. The molecule has 1 aliphatic rings. The van der Waals surface area contributed by atoms with Crippen LogP contribution >= 0.6 is 0 Å². The number of carbonyl (C=O) groups is 4. The van der Waals surface area contributed by atoms with E-state index in [1.54, 1.807) is 18.2 Å². The number of nitrogens with one attached hydrogen (secondary N) is 3. The van der Waals surface area contributed by atoms with Crippen LogP contribution in [0.5, 0.6) is 5.75 Å².